The van der Waals surface area contributed by atoms with Gasteiger partial charge in [0.25, 0.3) is 0 Å². The van der Waals surface area contributed by atoms with E-state index in [1.807, 2.05) is 0 Å². The smallest absolute Gasteiger partial charge is 0.258 e. The zero-order chi connectivity index (χ0) is 14.9. The van der Waals surface area contributed by atoms with Gasteiger partial charge in [-0.25, -0.2) is 0 Å². The Bertz CT molecular complexity index is 546. The lowest BCUT2D eigenvalue weighted by atomic mass is 10.1. The molecule has 0 aliphatic rings. The molecule has 3 nitrogen and oxygen atoms in total. The molecule has 0 fully saturated rings. The second-order valence-electron chi connectivity index (χ2n) is 3.36. The van der Waals surface area contributed by atoms with E-state index in [1.165, 1.54) is 0 Å². The Kier molecular flexibility index (Phi) is 4.15. The molecule has 0 aliphatic heterocycles. The highest BCUT2D eigenvalue weighted by molar-refractivity contribution is 7.87. The van der Waals surface area contributed by atoms with Gasteiger partial charge in [0.1, 0.15) is 0 Å². The summed E-state index contributed by atoms with van der Waals surface area (Å²) >= 11 is 0. The van der Waals surface area contributed by atoms with Gasteiger partial charge in [0.15, 0.2) is 0 Å². The molecular formula is C9H6F6O3S. The summed E-state index contributed by atoms with van der Waals surface area (Å²) in [6.45, 7) is -1.13. The molecule has 0 N–H and O–H groups in total. The highest BCUT2D eigenvalue weighted by Gasteiger charge is 2.47. The summed E-state index contributed by atoms with van der Waals surface area (Å²) in [6.07, 6.45) is -4.68. The van der Waals surface area contributed by atoms with E-state index in [0.717, 1.165) is 12.1 Å². The molecule has 0 radical (unpaired) electrons. The molecule has 0 heterocycles. The van der Waals surface area contributed by atoms with E-state index in [-0.39, 0.29) is 5.56 Å². The Morgan fingerprint density at radius 1 is 1.05 bits per heavy atom. The zero-order valence-electron chi connectivity index (χ0n) is 8.92. The lowest BCUT2D eigenvalue weighted by Crippen LogP contribution is -2.25. The second-order valence-corrected chi connectivity index (χ2v) is 4.97. The van der Waals surface area contributed by atoms with Gasteiger partial charge < -0.3 is 0 Å². The molecule has 0 aliphatic carbocycles. The van der Waals surface area contributed by atoms with Crippen molar-refractivity contribution >= 4 is 10.1 Å². The Morgan fingerprint density at radius 3 is 2.11 bits per heavy atom. The Morgan fingerprint density at radius 2 is 1.63 bits per heavy atom. The number of hydrogen-bond acceptors (Lipinski definition) is 3. The number of rotatable bonds is 3. The third-order valence-electron chi connectivity index (χ3n) is 1.92. The van der Waals surface area contributed by atoms with Crippen LogP contribution in [0.4, 0.5) is 26.3 Å². The third-order valence-corrected chi connectivity index (χ3v) is 2.91. The van der Waals surface area contributed by atoms with Crippen molar-refractivity contribution in [2.45, 2.75) is 18.3 Å². The van der Waals surface area contributed by atoms with E-state index in [2.05, 4.69) is 4.18 Å². The first-order valence-electron chi connectivity index (χ1n) is 4.55. The van der Waals surface area contributed by atoms with Crippen LogP contribution < -0.4 is 0 Å². The van der Waals surface area contributed by atoms with E-state index in [1.54, 1.807) is 0 Å². The lowest BCUT2D eigenvalue weighted by Gasteiger charge is -2.10. The largest absolute Gasteiger partial charge is 0.523 e. The van der Waals surface area contributed by atoms with Crippen LogP contribution in [0.3, 0.4) is 0 Å². The first-order valence-corrected chi connectivity index (χ1v) is 5.96. The van der Waals surface area contributed by atoms with Crippen LogP contribution in [0.25, 0.3) is 0 Å². The van der Waals surface area contributed by atoms with Crippen molar-refractivity contribution < 1.29 is 38.9 Å². The van der Waals surface area contributed by atoms with E-state index in [9.17, 15) is 34.8 Å². The van der Waals surface area contributed by atoms with Crippen LogP contribution in [0.5, 0.6) is 0 Å². The van der Waals surface area contributed by atoms with Crippen molar-refractivity contribution in [2.24, 2.45) is 0 Å². The van der Waals surface area contributed by atoms with Gasteiger partial charge in [0.2, 0.25) is 0 Å². The maximum absolute atomic E-state index is 12.3. The van der Waals surface area contributed by atoms with Crippen molar-refractivity contribution in [3.63, 3.8) is 0 Å². The summed E-state index contributed by atoms with van der Waals surface area (Å²) in [7, 11) is -5.83. The van der Waals surface area contributed by atoms with E-state index in [4.69, 9.17) is 0 Å². The average molecular weight is 308 g/mol. The van der Waals surface area contributed by atoms with Crippen LogP contribution >= 0.6 is 0 Å². The molecular weight excluding hydrogens is 302 g/mol. The van der Waals surface area contributed by atoms with Crippen molar-refractivity contribution in [1.82, 2.24) is 0 Å². The molecule has 1 rings (SSSR count). The van der Waals surface area contributed by atoms with Gasteiger partial charge >= 0.3 is 21.8 Å². The van der Waals surface area contributed by atoms with E-state index in [0.29, 0.717) is 12.1 Å². The molecule has 0 aromatic heterocycles. The summed E-state index contributed by atoms with van der Waals surface area (Å²) in [6, 6.07) is 3.15. The molecule has 19 heavy (non-hydrogen) atoms. The average Bonchev–Trinajstić information content (AvgIpc) is 2.24. The van der Waals surface area contributed by atoms with Gasteiger partial charge in [-0.05, 0) is 17.7 Å². The minimum atomic E-state index is -5.83. The van der Waals surface area contributed by atoms with Gasteiger partial charge in [-0.3, -0.25) is 4.18 Å². The summed E-state index contributed by atoms with van der Waals surface area (Å²) in [5, 5.41) is 0. The normalized spacial score (nSPS) is 13.6. The number of halogens is 6. The molecule has 108 valence electrons. The van der Waals surface area contributed by atoms with Gasteiger partial charge in [0.05, 0.1) is 12.2 Å². The first-order chi connectivity index (χ1) is 8.43. The highest BCUT2D eigenvalue weighted by atomic mass is 32.2. The fraction of sp³-hybridized carbons (Fsp3) is 0.333. The van der Waals surface area contributed by atoms with Crippen molar-refractivity contribution in [2.75, 3.05) is 0 Å². The number of benzene rings is 1. The molecule has 0 atom stereocenters. The molecule has 0 spiro atoms. The minimum Gasteiger partial charge on any atom is -0.258 e. The summed E-state index contributed by atoms with van der Waals surface area (Å²) in [4.78, 5) is 0. The zero-order valence-corrected chi connectivity index (χ0v) is 9.73. The third kappa shape index (κ3) is 4.10. The standard InChI is InChI=1S/C9H6F6O3S/c10-8(11,12)7-3-1-2-6(4-7)5-18-19(16,17)9(13,14)15/h1-4H,5H2. The maximum Gasteiger partial charge on any atom is 0.523 e. The van der Waals surface area contributed by atoms with E-state index >= 15 is 0 Å². The van der Waals surface area contributed by atoms with Crippen molar-refractivity contribution in [3.8, 4) is 0 Å². The molecule has 1 aromatic carbocycles. The maximum atomic E-state index is 12.3. The molecule has 0 bridgehead atoms. The van der Waals surface area contributed by atoms with Crippen LogP contribution in [-0.2, 0) is 27.1 Å². The van der Waals surface area contributed by atoms with Crippen LogP contribution in [-0.4, -0.2) is 13.9 Å². The van der Waals surface area contributed by atoms with Crippen LogP contribution in [0.2, 0.25) is 0 Å². The number of hydrogen-bond donors (Lipinski definition) is 0. The van der Waals surface area contributed by atoms with Crippen LogP contribution in [0.1, 0.15) is 11.1 Å². The molecule has 0 unspecified atom stereocenters. The topological polar surface area (TPSA) is 43.4 Å². The Balaban J connectivity index is 2.86. The predicted octanol–water partition coefficient (Wildman–Crippen LogP) is 3.07. The van der Waals surface area contributed by atoms with Gasteiger partial charge in [-0.2, -0.15) is 34.8 Å². The number of alkyl halides is 6. The van der Waals surface area contributed by atoms with Gasteiger partial charge in [0, 0.05) is 0 Å². The molecule has 0 amide bonds. The van der Waals surface area contributed by atoms with Gasteiger partial charge in [-0.1, -0.05) is 12.1 Å². The fourth-order valence-corrected chi connectivity index (χ4v) is 1.47. The van der Waals surface area contributed by atoms with Crippen molar-refractivity contribution in [1.29, 1.82) is 0 Å². The quantitative estimate of drug-likeness (QED) is 0.490. The van der Waals surface area contributed by atoms with Crippen molar-refractivity contribution in [3.05, 3.63) is 35.4 Å². The first kappa shape index (κ1) is 15.8. The summed E-state index contributed by atoms with van der Waals surface area (Å²) < 4.78 is 97.3. The fourth-order valence-electron chi connectivity index (χ4n) is 1.05. The van der Waals surface area contributed by atoms with Gasteiger partial charge in [-0.15, -0.1) is 0 Å². The molecule has 0 saturated heterocycles. The monoisotopic (exact) mass is 308 g/mol. The highest BCUT2D eigenvalue weighted by Crippen LogP contribution is 2.30. The molecule has 10 heteroatoms. The minimum absolute atomic E-state index is 0.345. The SMILES string of the molecule is O=S(=O)(OCc1cccc(C(F)(F)F)c1)C(F)(F)F. The van der Waals surface area contributed by atoms with Crippen LogP contribution in [0.15, 0.2) is 24.3 Å². The second kappa shape index (κ2) is 5.00. The Hall–Kier alpha value is -1.29. The summed E-state index contributed by atoms with van der Waals surface area (Å²) in [5.74, 6) is 0. The predicted molar refractivity (Wildman–Crippen MR) is 51.2 cm³/mol. The van der Waals surface area contributed by atoms with E-state index < -0.39 is 34.0 Å². The molecule has 0 saturated carbocycles. The summed E-state index contributed by atoms with van der Waals surface area (Å²) in [5.41, 5.74) is -7.07. The van der Waals surface area contributed by atoms with Crippen LogP contribution in [0, 0.1) is 0 Å². The Labute approximate surface area is 103 Å². The lowest BCUT2D eigenvalue weighted by molar-refractivity contribution is -0.137. The molecule has 1 aromatic rings.